The minimum atomic E-state index is -0.107. The quantitative estimate of drug-likeness (QED) is 0.674. The Labute approximate surface area is 167 Å². The molecule has 6 heteroatoms. The Hall–Kier alpha value is -2.18. The fraction of sp³-hybridized carbons (Fsp3) is 0.545. The lowest BCUT2D eigenvalue weighted by atomic mass is 9.97. The molecule has 1 aliphatic carbocycles. The van der Waals surface area contributed by atoms with Gasteiger partial charge in [0.15, 0.2) is 0 Å². The molecule has 0 atom stereocenters. The minimum Gasteiger partial charge on any atom is -0.379 e. The predicted octanol–water partition coefficient (Wildman–Crippen LogP) is 2.37. The normalized spacial score (nSPS) is 17.6. The van der Waals surface area contributed by atoms with Gasteiger partial charge in [-0.3, -0.25) is 14.5 Å². The third kappa shape index (κ3) is 6.46. The van der Waals surface area contributed by atoms with E-state index < -0.39 is 0 Å². The Morgan fingerprint density at radius 2 is 1.57 bits per heavy atom. The van der Waals surface area contributed by atoms with Crippen LogP contribution in [0.25, 0.3) is 0 Å². The molecule has 0 unspecified atom stereocenters. The zero-order valence-corrected chi connectivity index (χ0v) is 16.5. The number of carbonyl (C=O) groups excluding carboxylic acids is 2. The first-order valence-electron chi connectivity index (χ1n) is 10.4. The molecular formula is C22H31N3O3. The molecule has 6 nitrogen and oxygen atoms in total. The number of rotatable bonds is 8. The van der Waals surface area contributed by atoms with Gasteiger partial charge in [0.1, 0.15) is 0 Å². The number of hydrogen-bond acceptors (Lipinski definition) is 4. The number of hydrogen-bond donors (Lipinski definition) is 2. The summed E-state index contributed by atoms with van der Waals surface area (Å²) in [5, 5.41) is 5.91. The van der Waals surface area contributed by atoms with Gasteiger partial charge in [-0.2, -0.15) is 0 Å². The van der Waals surface area contributed by atoms with Crippen molar-refractivity contribution in [2.24, 2.45) is 0 Å². The zero-order valence-electron chi connectivity index (χ0n) is 16.5. The van der Waals surface area contributed by atoms with Gasteiger partial charge >= 0.3 is 0 Å². The molecule has 0 aromatic heterocycles. The second kappa shape index (κ2) is 11.0. The maximum Gasteiger partial charge on any atom is 0.251 e. The minimum absolute atomic E-state index is 0.0873. The molecule has 1 aromatic carbocycles. The van der Waals surface area contributed by atoms with Crippen molar-refractivity contribution in [1.29, 1.82) is 0 Å². The molecule has 152 valence electrons. The van der Waals surface area contributed by atoms with Crippen LogP contribution in [0.15, 0.2) is 35.9 Å². The van der Waals surface area contributed by atoms with E-state index in [-0.39, 0.29) is 11.8 Å². The highest BCUT2D eigenvalue weighted by molar-refractivity contribution is 5.97. The van der Waals surface area contributed by atoms with E-state index in [1.165, 1.54) is 24.8 Å². The van der Waals surface area contributed by atoms with Crippen LogP contribution in [0.4, 0.5) is 0 Å². The van der Waals surface area contributed by atoms with Gasteiger partial charge in [-0.25, -0.2) is 0 Å². The number of carbonyl (C=O) groups is 2. The van der Waals surface area contributed by atoms with Crippen LogP contribution in [-0.2, 0) is 4.74 Å². The van der Waals surface area contributed by atoms with Gasteiger partial charge in [0.05, 0.1) is 13.2 Å². The molecule has 28 heavy (non-hydrogen) atoms. The molecule has 2 amide bonds. The van der Waals surface area contributed by atoms with Crippen LogP contribution in [0.3, 0.4) is 0 Å². The average molecular weight is 386 g/mol. The molecule has 0 bridgehead atoms. The van der Waals surface area contributed by atoms with Crippen molar-refractivity contribution in [2.75, 3.05) is 45.9 Å². The van der Waals surface area contributed by atoms with Crippen molar-refractivity contribution in [3.8, 4) is 0 Å². The molecule has 1 heterocycles. The number of nitrogens with zero attached hydrogens (tertiary/aromatic N) is 1. The lowest BCUT2D eigenvalue weighted by molar-refractivity contribution is 0.0383. The van der Waals surface area contributed by atoms with Crippen LogP contribution in [0.1, 0.15) is 52.8 Å². The van der Waals surface area contributed by atoms with E-state index in [9.17, 15) is 9.59 Å². The summed E-state index contributed by atoms with van der Waals surface area (Å²) in [5.41, 5.74) is 2.61. The number of amides is 2. The van der Waals surface area contributed by atoms with Crippen LogP contribution < -0.4 is 10.6 Å². The second-order valence-electron chi connectivity index (χ2n) is 7.40. The SMILES string of the molecule is O=C(NCCC1=CCCCC1)c1ccc(C(=O)NCCN2CCOCC2)cc1. The maximum absolute atomic E-state index is 12.3. The Kier molecular flexibility index (Phi) is 8.06. The Balaban J connectivity index is 1.38. The van der Waals surface area contributed by atoms with Crippen molar-refractivity contribution < 1.29 is 14.3 Å². The van der Waals surface area contributed by atoms with Crippen LogP contribution in [0.2, 0.25) is 0 Å². The summed E-state index contributed by atoms with van der Waals surface area (Å²) in [6, 6.07) is 6.85. The Morgan fingerprint density at radius 3 is 2.18 bits per heavy atom. The Morgan fingerprint density at radius 1 is 0.929 bits per heavy atom. The summed E-state index contributed by atoms with van der Waals surface area (Å²) in [7, 11) is 0. The van der Waals surface area contributed by atoms with E-state index >= 15 is 0 Å². The van der Waals surface area contributed by atoms with Gasteiger partial charge in [0, 0.05) is 43.9 Å². The summed E-state index contributed by atoms with van der Waals surface area (Å²) >= 11 is 0. The van der Waals surface area contributed by atoms with Crippen molar-refractivity contribution in [1.82, 2.24) is 15.5 Å². The predicted molar refractivity (Wildman–Crippen MR) is 110 cm³/mol. The van der Waals surface area contributed by atoms with E-state index in [2.05, 4.69) is 21.6 Å². The number of ether oxygens (including phenoxy) is 1. The molecule has 0 saturated carbocycles. The Bertz CT molecular complexity index is 679. The third-order valence-electron chi connectivity index (χ3n) is 5.34. The monoisotopic (exact) mass is 385 g/mol. The lowest BCUT2D eigenvalue weighted by Crippen LogP contribution is -2.41. The molecular weight excluding hydrogens is 354 g/mol. The van der Waals surface area contributed by atoms with Crippen LogP contribution >= 0.6 is 0 Å². The number of morpholine rings is 1. The lowest BCUT2D eigenvalue weighted by Gasteiger charge is -2.26. The molecule has 1 fully saturated rings. The summed E-state index contributed by atoms with van der Waals surface area (Å²) in [6.07, 6.45) is 8.10. The van der Waals surface area contributed by atoms with E-state index in [1.54, 1.807) is 24.3 Å². The number of allylic oxidation sites excluding steroid dienone is 1. The molecule has 1 aromatic rings. The second-order valence-corrected chi connectivity index (χ2v) is 7.40. The molecule has 2 aliphatic rings. The topological polar surface area (TPSA) is 70.7 Å². The molecule has 1 saturated heterocycles. The van der Waals surface area contributed by atoms with Gasteiger partial charge in [-0.1, -0.05) is 11.6 Å². The summed E-state index contributed by atoms with van der Waals surface area (Å²) in [4.78, 5) is 26.8. The highest BCUT2D eigenvalue weighted by Crippen LogP contribution is 2.19. The highest BCUT2D eigenvalue weighted by atomic mass is 16.5. The smallest absolute Gasteiger partial charge is 0.251 e. The van der Waals surface area contributed by atoms with E-state index in [1.807, 2.05) is 0 Å². The van der Waals surface area contributed by atoms with E-state index in [4.69, 9.17) is 4.74 Å². The molecule has 1 aliphatic heterocycles. The first-order chi connectivity index (χ1) is 13.7. The summed E-state index contributed by atoms with van der Waals surface area (Å²) < 4.78 is 5.32. The van der Waals surface area contributed by atoms with Crippen molar-refractivity contribution in [3.63, 3.8) is 0 Å². The average Bonchev–Trinajstić information content (AvgIpc) is 2.75. The van der Waals surface area contributed by atoms with Gasteiger partial charge in [0.2, 0.25) is 0 Å². The first-order valence-corrected chi connectivity index (χ1v) is 10.4. The van der Waals surface area contributed by atoms with Gasteiger partial charge in [0.25, 0.3) is 11.8 Å². The first kappa shape index (κ1) is 20.6. The van der Waals surface area contributed by atoms with Crippen molar-refractivity contribution >= 4 is 11.8 Å². The van der Waals surface area contributed by atoms with E-state index in [0.717, 1.165) is 45.7 Å². The van der Waals surface area contributed by atoms with Crippen molar-refractivity contribution in [3.05, 3.63) is 47.0 Å². The third-order valence-corrected chi connectivity index (χ3v) is 5.34. The van der Waals surface area contributed by atoms with Gasteiger partial charge < -0.3 is 15.4 Å². The van der Waals surface area contributed by atoms with Crippen LogP contribution in [-0.4, -0.2) is 62.7 Å². The van der Waals surface area contributed by atoms with Gasteiger partial charge in [-0.15, -0.1) is 0 Å². The summed E-state index contributed by atoms with van der Waals surface area (Å²) in [5.74, 6) is -0.194. The van der Waals surface area contributed by atoms with Gasteiger partial charge in [-0.05, 0) is 56.4 Å². The number of nitrogens with one attached hydrogen (secondary N) is 2. The maximum atomic E-state index is 12.3. The summed E-state index contributed by atoms with van der Waals surface area (Å²) in [6.45, 7) is 5.44. The zero-order chi connectivity index (χ0) is 19.6. The molecule has 0 radical (unpaired) electrons. The highest BCUT2D eigenvalue weighted by Gasteiger charge is 2.12. The number of benzene rings is 1. The van der Waals surface area contributed by atoms with Crippen LogP contribution in [0.5, 0.6) is 0 Å². The largest absolute Gasteiger partial charge is 0.379 e. The molecule has 3 rings (SSSR count). The van der Waals surface area contributed by atoms with Crippen molar-refractivity contribution in [2.45, 2.75) is 32.1 Å². The van der Waals surface area contributed by atoms with Crippen LogP contribution in [0, 0.1) is 0 Å². The standard InChI is InChI=1S/C22H31N3O3/c26-21(23-11-10-18-4-2-1-3-5-18)19-6-8-20(9-7-19)22(27)24-12-13-25-14-16-28-17-15-25/h4,6-9H,1-3,5,10-17H2,(H,23,26)(H,24,27). The van der Waals surface area contributed by atoms with E-state index in [0.29, 0.717) is 24.2 Å². The molecule has 0 spiro atoms. The molecule has 2 N–H and O–H groups in total. The fourth-order valence-corrected chi connectivity index (χ4v) is 3.60. The fourth-order valence-electron chi connectivity index (χ4n) is 3.60.